The Morgan fingerprint density at radius 3 is 2.29 bits per heavy atom. The van der Waals surface area contributed by atoms with Gasteiger partial charge in [0.15, 0.2) is 11.3 Å². The maximum absolute atomic E-state index is 13.8. The van der Waals surface area contributed by atoms with Crippen molar-refractivity contribution in [2.45, 2.75) is 59.9 Å². The van der Waals surface area contributed by atoms with Gasteiger partial charge in [-0.25, -0.2) is 15.0 Å². The Balaban J connectivity index is 1.81. The molecule has 6 nitrogen and oxygen atoms in total. The molecule has 5 rings (SSSR count). The van der Waals surface area contributed by atoms with Gasteiger partial charge < -0.3 is 0 Å². The molecular weight excluding hydrogens is 422 g/mol. The lowest BCUT2D eigenvalue weighted by Crippen LogP contribution is -2.24. The SMILES string of the molecule is CCCCc1ccc(-n2c3nc4ccccc4nc3c3c(=O)n(CCC(C)C)c(C)nc32)cc1. The Morgan fingerprint density at radius 2 is 1.62 bits per heavy atom. The van der Waals surface area contributed by atoms with Crippen LogP contribution < -0.4 is 5.56 Å². The van der Waals surface area contributed by atoms with E-state index < -0.39 is 0 Å². The van der Waals surface area contributed by atoms with Crippen molar-refractivity contribution in [2.75, 3.05) is 0 Å². The molecule has 3 aromatic heterocycles. The zero-order valence-corrected chi connectivity index (χ0v) is 20.4. The standard InChI is InChI=1S/C28H31N5O/c1-5-6-9-20-12-14-21(15-13-20)33-26-24(28(34)32(19(4)29-26)17-16-18(2)3)25-27(33)31-23-11-8-7-10-22(23)30-25/h7-8,10-15,18H,5-6,9,16-17H2,1-4H3. The maximum atomic E-state index is 13.8. The van der Waals surface area contributed by atoms with E-state index in [1.807, 2.05) is 35.8 Å². The van der Waals surface area contributed by atoms with Gasteiger partial charge in [0, 0.05) is 12.2 Å². The molecule has 0 unspecified atom stereocenters. The highest BCUT2D eigenvalue weighted by atomic mass is 16.1. The molecule has 0 spiro atoms. The van der Waals surface area contributed by atoms with Gasteiger partial charge in [-0.15, -0.1) is 0 Å². The molecule has 3 heterocycles. The molecule has 0 saturated carbocycles. The van der Waals surface area contributed by atoms with Crippen molar-refractivity contribution in [3.8, 4) is 5.69 Å². The first-order valence-corrected chi connectivity index (χ1v) is 12.3. The Morgan fingerprint density at radius 1 is 0.912 bits per heavy atom. The average Bonchev–Trinajstić information content (AvgIpc) is 3.14. The summed E-state index contributed by atoms with van der Waals surface area (Å²) in [5.74, 6) is 1.21. The molecule has 0 aliphatic rings. The molecule has 5 aromatic rings. The molecule has 0 bridgehead atoms. The number of para-hydroxylation sites is 2. The monoisotopic (exact) mass is 453 g/mol. The predicted molar refractivity (Wildman–Crippen MR) is 139 cm³/mol. The van der Waals surface area contributed by atoms with Crippen LogP contribution in [0.1, 0.15) is 51.4 Å². The lowest BCUT2D eigenvalue weighted by molar-refractivity contribution is 0.498. The summed E-state index contributed by atoms with van der Waals surface area (Å²) < 4.78 is 3.78. The van der Waals surface area contributed by atoms with Crippen LogP contribution in [0.25, 0.3) is 38.9 Å². The number of fused-ring (bicyclic) bond motifs is 4. The Bertz CT molecular complexity index is 1540. The van der Waals surface area contributed by atoms with Gasteiger partial charge in [0.25, 0.3) is 5.56 Å². The molecule has 0 saturated heterocycles. The fourth-order valence-corrected chi connectivity index (χ4v) is 4.52. The van der Waals surface area contributed by atoms with Crippen LogP contribution in [-0.2, 0) is 13.0 Å². The number of unbranched alkanes of at least 4 members (excludes halogenated alkanes) is 1. The number of hydrogen-bond donors (Lipinski definition) is 0. The summed E-state index contributed by atoms with van der Waals surface area (Å²) in [5, 5.41) is 0.540. The van der Waals surface area contributed by atoms with E-state index in [4.69, 9.17) is 15.0 Å². The third-order valence-electron chi connectivity index (χ3n) is 6.50. The van der Waals surface area contributed by atoms with Crippen LogP contribution in [0.2, 0.25) is 0 Å². The number of hydrogen-bond acceptors (Lipinski definition) is 4. The van der Waals surface area contributed by atoms with Gasteiger partial charge in [-0.1, -0.05) is 51.5 Å². The smallest absolute Gasteiger partial charge is 0.265 e. The van der Waals surface area contributed by atoms with Crippen LogP contribution in [0.3, 0.4) is 0 Å². The minimum absolute atomic E-state index is 0.0453. The van der Waals surface area contributed by atoms with E-state index >= 15 is 0 Å². The summed E-state index contributed by atoms with van der Waals surface area (Å²) in [6.45, 7) is 9.09. The van der Waals surface area contributed by atoms with Gasteiger partial charge in [-0.05, 0) is 61.9 Å². The molecule has 2 aromatic carbocycles. The van der Waals surface area contributed by atoms with E-state index in [0.717, 1.165) is 29.6 Å². The zero-order chi connectivity index (χ0) is 23.8. The normalized spacial score (nSPS) is 11.9. The second-order valence-corrected chi connectivity index (χ2v) is 9.49. The van der Waals surface area contributed by atoms with E-state index in [1.54, 1.807) is 4.57 Å². The van der Waals surface area contributed by atoms with Gasteiger partial charge in [-0.2, -0.15) is 0 Å². The van der Waals surface area contributed by atoms with Crippen molar-refractivity contribution >= 4 is 33.2 Å². The number of rotatable bonds is 7. The molecule has 0 atom stereocenters. The molecule has 0 aliphatic heterocycles. The third-order valence-corrected chi connectivity index (χ3v) is 6.50. The molecular formula is C28H31N5O. The Labute approximate surface area is 199 Å². The summed E-state index contributed by atoms with van der Waals surface area (Å²) in [5.41, 5.74) is 5.68. The minimum Gasteiger partial charge on any atom is -0.296 e. The van der Waals surface area contributed by atoms with Crippen LogP contribution in [0.15, 0.2) is 53.3 Å². The number of aromatic nitrogens is 5. The minimum atomic E-state index is -0.0453. The third kappa shape index (κ3) is 3.87. The second kappa shape index (κ2) is 9.01. The summed E-state index contributed by atoms with van der Waals surface area (Å²) >= 11 is 0. The summed E-state index contributed by atoms with van der Waals surface area (Å²) in [6, 6.07) is 16.3. The van der Waals surface area contributed by atoms with Crippen LogP contribution in [0.4, 0.5) is 0 Å². The van der Waals surface area contributed by atoms with Crippen LogP contribution >= 0.6 is 0 Å². The highest BCUT2D eigenvalue weighted by Crippen LogP contribution is 2.29. The molecule has 0 amide bonds. The van der Waals surface area contributed by atoms with E-state index in [0.29, 0.717) is 40.5 Å². The topological polar surface area (TPSA) is 65.6 Å². The maximum Gasteiger partial charge on any atom is 0.265 e. The number of aryl methyl sites for hydroxylation is 2. The first-order valence-electron chi connectivity index (χ1n) is 12.3. The van der Waals surface area contributed by atoms with Gasteiger partial charge in [0.2, 0.25) is 0 Å². The fourth-order valence-electron chi connectivity index (χ4n) is 4.52. The largest absolute Gasteiger partial charge is 0.296 e. The quantitative estimate of drug-likeness (QED) is 0.304. The van der Waals surface area contributed by atoms with Crippen LogP contribution in [0.5, 0.6) is 0 Å². The molecule has 6 heteroatoms. The van der Waals surface area contributed by atoms with Gasteiger partial charge in [-0.3, -0.25) is 13.9 Å². The fraction of sp³-hybridized carbons (Fsp3) is 0.357. The molecule has 0 radical (unpaired) electrons. The van der Waals surface area contributed by atoms with E-state index in [9.17, 15) is 4.79 Å². The van der Waals surface area contributed by atoms with E-state index in [1.165, 1.54) is 18.4 Å². The molecule has 0 aliphatic carbocycles. The Kier molecular flexibility index (Phi) is 5.90. The molecule has 0 N–H and O–H groups in total. The predicted octanol–water partition coefficient (Wildman–Crippen LogP) is 5.98. The van der Waals surface area contributed by atoms with Gasteiger partial charge in [0.1, 0.15) is 16.7 Å². The van der Waals surface area contributed by atoms with Crippen molar-refractivity contribution in [2.24, 2.45) is 5.92 Å². The van der Waals surface area contributed by atoms with Crippen molar-refractivity contribution in [3.63, 3.8) is 0 Å². The first-order chi connectivity index (χ1) is 16.5. The molecule has 174 valence electrons. The van der Waals surface area contributed by atoms with Crippen molar-refractivity contribution < 1.29 is 0 Å². The molecule has 34 heavy (non-hydrogen) atoms. The lowest BCUT2D eigenvalue weighted by Gasteiger charge is -2.12. The Hall–Kier alpha value is -3.54. The van der Waals surface area contributed by atoms with Gasteiger partial charge in [0.05, 0.1) is 11.0 Å². The highest BCUT2D eigenvalue weighted by Gasteiger charge is 2.22. The zero-order valence-electron chi connectivity index (χ0n) is 20.4. The van der Waals surface area contributed by atoms with E-state index in [-0.39, 0.29) is 5.56 Å². The lowest BCUT2D eigenvalue weighted by atomic mass is 10.1. The van der Waals surface area contributed by atoms with Crippen LogP contribution in [0, 0.1) is 12.8 Å². The molecule has 0 fully saturated rings. The second-order valence-electron chi connectivity index (χ2n) is 9.49. The number of nitrogens with zero attached hydrogens (tertiary/aromatic N) is 5. The average molecular weight is 454 g/mol. The summed E-state index contributed by atoms with van der Waals surface area (Å²) in [4.78, 5) is 28.6. The van der Waals surface area contributed by atoms with Crippen molar-refractivity contribution in [1.82, 2.24) is 24.1 Å². The van der Waals surface area contributed by atoms with E-state index in [2.05, 4.69) is 45.0 Å². The van der Waals surface area contributed by atoms with Crippen LogP contribution in [-0.4, -0.2) is 24.1 Å². The summed E-state index contributed by atoms with van der Waals surface area (Å²) in [7, 11) is 0. The first kappa shape index (κ1) is 22.3. The van der Waals surface area contributed by atoms with Crippen molar-refractivity contribution in [3.05, 3.63) is 70.3 Å². The van der Waals surface area contributed by atoms with Gasteiger partial charge >= 0.3 is 0 Å². The summed E-state index contributed by atoms with van der Waals surface area (Å²) in [6.07, 6.45) is 4.32. The van der Waals surface area contributed by atoms with Crippen molar-refractivity contribution in [1.29, 1.82) is 0 Å². The number of benzene rings is 2. The highest BCUT2D eigenvalue weighted by molar-refractivity contribution is 6.05.